The van der Waals surface area contributed by atoms with Gasteiger partial charge < -0.3 is 5.32 Å². The van der Waals surface area contributed by atoms with Crippen LogP contribution in [-0.4, -0.2) is 18.2 Å². The minimum Gasteiger partial charge on any atom is -0.355 e. The van der Waals surface area contributed by atoms with Crippen molar-refractivity contribution in [3.63, 3.8) is 0 Å². The Bertz CT molecular complexity index is 246. The van der Waals surface area contributed by atoms with Gasteiger partial charge in [-0.3, -0.25) is 4.79 Å². The largest absolute Gasteiger partial charge is 0.355 e. The predicted octanol–water partition coefficient (Wildman–Crippen LogP) is 3.44. The van der Waals surface area contributed by atoms with E-state index in [9.17, 15) is 4.79 Å². The van der Waals surface area contributed by atoms with Gasteiger partial charge in [-0.25, -0.2) is 0 Å². The van der Waals surface area contributed by atoms with Gasteiger partial charge in [-0.1, -0.05) is 47.6 Å². The van der Waals surface area contributed by atoms with Gasteiger partial charge in [-0.05, 0) is 10.8 Å². The van der Waals surface area contributed by atoms with Crippen LogP contribution in [-0.2, 0) is 4.79 Å². The summed E-state index contributed by atoms with van der Waals surface area (Å²) in [6.45, 7) is 13.0. The first-order valence-corrected chi connectivity index (χ1v) is 6.75. The molecule has 0 aliphatic heterocycles. The average molecular weight is 243 g/mol. The van der Waals surface area contributed by atoms with Crippen LogP contribution >= 0.6 is 11.8 Å². The first-order chi connectivity index (χ1) is 7.13. The van der Waals surface area contributed by atoms with E-state index in [0.29, 0.717) is 0 Å². The molecule has 0 saturated heterocycles. The number of carbonyl (C=O) groups is 1. The zero-order chi connectivity index (χ0) is 12.8. The third-order valence-electron chi connectivity index (χ3n) is 1.85. The summed E-state index contributed by atoms with van der Waals surface area (Å²) in [5, 5.41) is 5.04. The summed E-state index contributed by atoms with van der Waals surface area (Å²) < 4.78 is 0. The molecule has 3 heteroatoms. The normalized spacial score (nSPS) is 13.1. The number of allylic oxidation sites excluding steroid dienone is 1. The van der Waals surface area contributed by atoms with E-state index in [0.717, 1.165) is 12.3 Å². The lowest BCUT2D eigenvalue weighted by atomic mass is 9.96. The van der Waals surface area contributed by atoms with Gasteiger partial charge >= 0.3 is 0 Å². The highest BCUT2D eigenvalue weighted by molar-refractivity contribution is 8.02. The van der Waals surface area contributed by atoms with Crippen molar-refractivity contribution in [2.75, 3.05) is 12.3 Å². The van der Waals surface area contributed by atoms with Gasteiger partial charge in [0, 0.05) is 17.7 Å². The Kier molecular flexibility index (Phi) is 6.16. The number of amides is 1. The number of thioether (sulfide) groups is 1. The fraction of sp³-hybridized carbons (Fsp3) is 0.769. The topological polar surface area (TPSA) is 29.1 Å². The lowest BCUT2D eigenvalue weighted by Crippen LogP contribution is -2.35. The molecule has 0 radical (unpaired) electrons. The molecule has 0 aromatic carbocycles. The lowest BCUT2D eigenvalue weighted by molar-refractivity contribution is -0.128. The third-order valence-corrected chi connectivity index (χ3v) is 2.62. The Balaban J connectivity index is 3.63. The van der Waals surface area contributed by atoms with Crippen LogP contribution in [0, 0.1) is 10.8 Å². The summed E-state index contributed by atoms with van der Waals surface area (Å²) in [6, 6.07) is 0. The van der Waals surface area contributed by atoms with Crippen molar-refractivity contribution >= 4 is 17.7 Å². The van der Waals surface area contributed by atoms with Gasteiger partial charge in [-0.2, -0.15) is 0 Å². The molecule has 0 aromatic heterocycles. The van der Waals surface area contributed by atoms with Gasteiger partial charge in [0.2, 0.25) is 5.91 Å². The smallest absolute Gasteiger partial charge is 0.225 e. The molecule has 0 spiro atoms. The number of rotatable bonds is 4. The summed E-state index contributed by atoms with van der Waals surface area (Å²) in [4.78, 5) is 11.5. The SMILES string of the molecule is CC(C)(C)/C=C\SCCNC(=O)C(C)(C)C. The van der Waals surface area contributed by atoms with E-state index in [1.165, 1.54) is 0 Å². The molecule has 0 fully saturated rings. The minimum atomic E-state index is -0.286. The van der Waals surface area contributed by atoms with Crippen LogP contribution in [0.4, 0.5) is 0 Å². The molecule has 94 valence electrons. The van der Waals surface area contributed by atoms with Gasteiger partial charge in [0.1, 0.15) is 0 Å². The Hall–Kier alpha value is -0.440. The maximum Gasteiger partial charge on any atom is 0.225 e. The summed E-state index contributed by atoms with van der Waals surface area (Å²) in [6.07, 6.45) is 2.18. The highest BCUT2D eigenvalue weighted by Crippen LogP contribution is 2.17. The number of nitrogens with one attached hydrogen (secondary N) is 1. The van der Waals surface area contributed by atoms with Crippen molar-refractivity contribution in [3.8, 4) is 0 Å². The van der Waals surface area contributed by atoms with Crippen molar-refractivity contribution in [2.24, 2.45) is 10.8 Å². The molecule has 1 amide bonds. The molecular weight excluding hydrogens is 218 g/mol. The molecule has 0 aromatic rings. The Morgan fingerprint density at radius 2 is 1.75 bits per heavy atom. The molecule has 0 saturated carbocycles. The first kappa shape index (κ1) is 15.6. The monoisotopic (exact) mass is 243 g/mol. The van der Waals surface area contributed by atoms with Crippen LogP contribution in [0.25, 0.3) is 0 Å². The summed E-state index contributed by atoms with van der Waals surface area (Å²) >= 11 is 1.74. The summed E-state index contributed by atoms with van der Waals surface area (Å²) in [5.74, 6) is 1.04. The standard InChI is InChI=1S/C13H25NOS/c1-12(2,3)7-9-16-10-8-14-11(15)13(4,5)6/h7,9H,8,10H2,1-6H3,(H,14,15)/b9-7-. The van der Waals surface area contributed by atoms with Gasteiger partial charge in [-0.15, -0.1) is 11.8 Å². The Morgan fingerprint density at radius 3 is 2.19 bits per heavy atom. The highest BCUT2D eigenvalue weighted by atomic mass is 32.2. The van der Waals surface area contributed by atoms with Gasteiger partial charge in [0.05, 0.1) is 0 Å². The minimum absolute atomic E-state index is 0.118. The summed E-state index contributed by atoms with van der Waals surface area (Å²) in [5.41, 5.74) is -0.0480. The second-order valence-electron chi connectivity index (χ2n) is 6.05. The highest BCUT2D eigenvalue weighted by Gasteiger charge is 2.19. The quantitative estimate of drug-likeness (QED) is 0.766. The zero-order valence-electron chi connectivity index (χ0n) is 11.4. The molecule has 2 nitrogen and oxygen atoms in total. The molecule has 16 heavy (non-hydrogen) atoms. The van der Waals surface area contributed by atoms with E-state index < -0.39 is 0 Å². The second kappa shape index (κ2) is 6.33. The van der Waals surface area contributed by atoms with Crippen molar-refractivity contribution in [1.82, 2.24) is 5.32 Å². The Morgan fingerprint density at radius 1 is 1.19 bits per heavy atom. The first-order valence-electron chi connectivity index (χ1n) is 5.70. The molecule has 0 unspecified atom stereocenters. The predicted molar refractivity (Wildman–Crippen MR) is 73.5 cm³/mol. The number of carbonyl (C=O) groups excluding carboxylic acids is 1. The second-order valence-corrected chi connectivity index (χ2v) is 7.06. The zero-order valence-corrected chi connectivity index (χ0v) is 12.2. The van der Waals surface area contributed by atoms with E-state index in [4.69, 9.17) is 0 Å². The van der Waals surface area contributed by atoms with Crippen LogP contribution in [0.2, 0.25) is 0 Å². The molecule has 0 atom stereocenters. The van der Waals surface area contributed by atoms with Crippen LogP contribution in [0.1, 0.15) is 41.5 Å². The van der Waals surface area contributed by atoms with Crippen molar-refractivity contribution in [2.45, 2.75) is 41.5 Å². The molecule has 1 N–H and O–H groups in total. The van der Waals surface area contributed by atoms with E-state index in [1.54, 1.807) is 11.8 Å². The molecule has 0 aliphatic rings. The third kappa shape index (κ3) is 8.84. The fourth-order valence-electron chi connectivity index (χ4n) is 0.809. The molecule has 0 bridgehead atoms. The summed E-state index contributed by atoms with van der Waals surface area (Å²) in [7, 11) is 0. The molecular formula is C13H25NOS. The maximum absolute atomic E-state index is 11.5. The fourth-order valence-corrected chi connectivity index (χ4v) is 1.67. The lowest BCUT2D eigenvalue weighted by Gasteiger charge is -2.17. The van der Waals surface area contributed by atoms with Crippen molar-refractivity contribution in [3.05, 3.63) is 11.5 Å². The number of hydrogen-bond donors (Lipinski definition) is 1. The van der Waals surface area contributed by atoms with Crippen LogP contribution < -0.4 is 5.32 Å². The Labute approximate surface area is 104 Å². The molecule has 0 heterocycles. The van der Waals surface area contributed by atoms with Crippen LogP contribution in [0.5, 0.6) is 0 Å². The number of hydrogen-bond acceptors (Lipinski definition) is 2. The molecule has 0 aliphatic carbocycles. The van der Waals surface area contributed by atoms with Crippen LogP contribution in [0.3, 0.4) is 0 Å². The van der Waals surface area contributed by atoms with E-state index in [-0.39, 0.29) is 16.7 Å². The van der Waals surface area contributed by atoms with E-state index >= 15 is 0 Å². The van der Waals surface area contributed by atoms with Crippen molar-refractivity contribution < 1.29 is 4.79 Å². The van der Waals surface area contributed by atoms with E-state index in [2.05, 4.69) is 37.6 Å². The van der Waals surface area contributed by atoms with Crippen molar-refractivity contribution in [1.29, 1.82) is 0 Å². The average Bonchev–Trinajstić information content (AvgIpc) is 2.07. The van der Waals surface area contributed by atoms with Gasteiger partial charge in [0.25, 0.3) is 0 Å². The van der Waals surface area contributed by atoms with Crippen LogP contribution in [0.15, 0.2) is 11.5 Å². The van der Waals surface area contributed by atoms with Gasteiger partial charge in [0.15, 0.2) is 0 Å². The van der Waals surface area contributed by atoms with E-state index in [1.807, 2.05) is 20.8 Å². The maximum atomic E-state index is 11.5. The molecule has 0 rings (SSSR count).